The first-order valence-electron chi connectivity index (χ1n) is 12.4. The van der Waals surface area contributed by atoms with Crippen molar-refractivity contribution in [2.75, 3.05) is 13.2 Å². The topological polar surface area (TPSA) is 108 Å². The maximum atomic E-state index is 13.8. The molecule has 8 heteroatoms. The monoisotopic (exact) mass is 465 g/mol. The summed E-state index contributed by atoms with van der Waals surface area (Å²) in [6.45, 7) is 16.2. The summed E-state index contributed by atoms with van der Waals surface area (Å²) in [6, 6.07) is -1.45. The zero-order valence-corrected chi connectivity index (χ0v) is 21.6. The Labute approximate surface area is 198 Å². The molecular formula is C25H43N3O5. The Hall–Kier alpha value is -1.67. The van der Waals surface area contributed by atoms with Crippen molar-refractivity contribution in [3.8, 4) is 0 Å². The van der Waals surface area contributed by atoms with Crippen molar-refractivity contribution in [2.45, 2.75) is 110 Å². The molecule has 2 bridgehead atoms. The predicted octanol–water partition coefficient (Wildman–Crippen LogP) is 1.99. The number of nitrogens with zero attached hydrogens (tertiary/aromatic N) is 1. The summed E-state index contributed by atoms with van der Waals surface area (Å²) < 4.78 is 6.56. The molecule has 188 valence electrons. The molecule has 3 rings (SSSR count). The quantitative estimate of drug-likeness (QED) is 0.508. The van der Waals surface area contributed by atoms with Gasteiger partial charge in [-0.25, -0.2) is 0 Å². The molecule has 6 atom stereocenters. The van der Waals surface area contributed by atoms with Gasteiger partial charge in [0.15, 0.2) is 0 Å². The highest BCUT2D eigenvalue weighted by atomic mass is 16.5. The van der Waals surface area contributed by atoms with Gasteiger partial charge in [0.05, 0.1) is 30.1 Å². The lowest BCUT2D eigenvalue weighted by Crippen LogP contribution is -2.61. The number of nitrogens with one attached hydrogen (secondary N) is 2. The second kappa shape index (κ2) is 8.52. The van der Waals surface area contributed by atoms with Crippen LogP contribution in [0.4, 0.5) is 0 Å². The number of hydrogen-bond acceptors (Lipinski definition) is 5. The normalized spacial score (nSPS) is 34.4. The van der Waals surface area contributed by atoms with E-state index in [0.29, 0.717) is 19.4 Å². The summed E-state index contributed by atoms with van der Waals surface area (Å²) >= 11 is 0. The molecule has 0 radical (unpaired) electrons. The van der Waals surface area contributed by atoms with Crippen molar-refractivity contribution in [1.29, 1.82) is 0 Å². The van der Waals surface area contributed by atoms with Crippen LogP contribution >= 0.6 is 0 Å². The minimum atomic E-state index is -1.06. The molecule has 3 saturated heterocycles. The smallest absolute Gasteiger partial charge is 0.246 e. The molecule has 2 unspecified atom stereocenters. The summed E-state index contributed by atoms with van der Waals surface area (Å²) in [5, 5.41) is 16.0. The van der Waals surface area contributed by atoms with Crippen LogP contribution in [-0.2, 0) is 19.1 Å². The van der Waals surface area contributed by atoms with Crippen molar-refractivity contribution >= 4 is 17.7 Å². The fraction of sp³-hybridized carbons (Fsp3) is 0.880. The van der Waals surface area contributed by atoms with Gasteiger partial charge in [-0.05, 0) is 58.8 Å². The molecule has 3 heterocycles. The number of carbonyl (C=O) groups is 3. The van der Waals surface area contributed by atoms with Gasteiger partial charge in [0.25, 0.3) is 0 Å². The molecule has 0 aromatic heterocycles. The first-order chi connectivity index (χ1) is 15.1. The van der Waals surface area contributed by atoms with Crippen molar-refractivity contribution in [3.05, 3.63) is 0 Å². The minimum Gasteiger partial charge on any atom is -0.394 e. The van der Waals surface area contributed by atoms with Crippen molar-refractivity contribution in [2.24, 2.45) is 17.3 Å². The number of aliphatic hydroxyl groups is 1. The second-order valence-electron chi connectivity index (χ2n) is 12.4. The summed E-state index contributed by atoms with van der Waals surface area (Å²) in [6.07, 6.45) is 2.68. The molecule has 0 saturated carbocycles. The van der Waals surface area contributed by atoms with Gasteiger partial charge in [0.2, 0.25) is 17.7 Å². The molecule has 3 fully saturated rings. The Kier molecular flexibility index (Phi) is 6.70. The molecule has 3 aliphatic rings. The van der Waals surface area contributed by atoms with E-state index in [9.17, 15) is 19.5 Å². The SMILES string of the molecule is CCCNC(=O)[C@@H]1[C@H]2C(=O)N([C@H](C)CO)C(C(=O)NC(C)(C)CC(C)(C)C)C23CC[C@@]1(C)O3. The number of rotatable bonds is 8. The van der Waals surface area contributed by atoms with Crippen LogP contribution in [0.25, 0.3) is 0 Å². The zero-order chi connectivity index (χ0) is 25.0. The Morgan fingerprint density at radius 2 is 1.85 bits per heavy atom. The molecule has 3 amide bonds. The molecular weight excluding hydrogens is 422 g/mol. The van der Waals surface area contributed by atoms with Crippen LogP contribution in [0.1, 0.15) is 81.1 Å². The Morgan fingerprint density at radius 1 is 1.21 bits per heavy atom. The lowest BCUT2D eigenvalue weighted by atomic mass is 9.66. The number of carbonyl (C=O) groups excluding carboxylic acids is 3. The van der Waals surface area contributed by atoms with E-state index in [1.165, 1.54) is 4.90 Å². The molecule has 0 aromatic carbocycles. The highest BCUT2D eigenvalue weighted by Gasteiger charge is 2.78. The fourth-order valence-electron chi connectivity index (χ4n) is 6.76. The van der Waals surface area contributed by atoms with E-state index >= 15 is 0 Å². The number of hydrogen-bond donors (Lipinski definition) is 3. The fourth-order valence-corrected chi connectivity index (χ4v) is 6.76. The minimum absolute atomic E-state index is 0.000570. The summed E-state index contributed by atoms with van der Waals surface area (Å²) in [5.74, 6) is -2.13. The highest BCUT2D eigenvalue weighted by molar-refractivity contribution is 5.99. The van der Waals surface area contributed by atoms with Gasteiger partial charge in [-0.2, -0.15) is 0 Å². The first-order valence-corrected chi connectivity index (χ1v) is 12.4. The molecule has 33 heavy (non-hydrogen) atoms. The summed E-state index contributed by atoms with van der Waals surface area (Å²) in [7, 11) is 0. The third kappa shape index (κ3) is 4.41. The van der Waals surface area contributed by atoms with Crippen LogP contribution in [0.15, 0.2) is 0 Å². The van der Waals surface area contributed by atoms with E-state index in [2.05, 4.69) is 31.4 Å². The summed E-state index contributed by atoms with van der Waals surface area (Å²) in [4.78, 5) is 42.3. The first kappa shape index (κ1) is 25.9. The van der Waals surface area contributed by atoms with Gasteiger partial charge in [0, 0.05) is 12.1 Å². The van der Waals surface area contributed by atoms with Crippen LogP contribution in [0, 0.1) is 17.3 Å². The summed E-state index contributed by atoms with van der Waals surface area (Å²) in [5.41, 5.74) is -2.35. The molecule has 8 nitrogen and oxygen atoms in total. The number of ether oxygens (including phenoxy) is 1. The van der Waals surface area contributed by atoms with Crippen LogP contribution in [0.3, 0.4) is 0 Å². The molecule has 0 aliphatic carbocycles. The maximum absolute atomic E-state index is 13.8. The van der Waals surface area contributed by atoms with Gasteiger partial charge < -0.3 is 25.4 Å². The molecule has 3 N–H and O–H groups in total. The van der Waals surface area contributed by atoms with E-state index in [1.54, 1.807) is 6.92 Å². The van der Waals surface area contributed by atoms with Crippen molar-refractivity contribution in [1.82, 2.24) is 15.5 Å². The lowest BCUT2D eigenvalue weighted by Gasteiger charge is -2.39. The average Bonchev–Trinajstić information content (AvgIpc) is 3.24. The van der Waals surface area contributed by atoms with Gasteiger partial charge in [-0.3, -0.25) is 14.4 Å². The molecule has 1 spiro atoms. The van der Waals surface area contributed by atoms with E-state index in [-0.39, 0.29) is 29.7 Å². The van der Waals surface area contributed by atoms with E-state index in [0.717, 1.165) is 12.8 Å². The largest absolute Gasteiger partial charge is 0.394 e. The van der Waals surface area contributed by atoms with Crippen LogP contribution < -0.4 is 10.6 Å². The van der Waals surface area contributed by atoms with Gasteiger partial charge in [-0.15, -0.1) is 0 Å². The Morgan fingerprint density at radius 3 is 2.39 bits per heavy atom. The number of likely N-dealkylation sites (tertiary alicyclic amines) is 1. The highest BCUT2D eigenvalue weighted by Crippen LogP contribution is 2.63. The Bertz CT molecular complexity index is 806. The average molecular weight is 466 g/mol. The van der Waals surface area contributed by atoms with Gasteiger partial charge in [0.1, 0.15) is 11.6 Å². The van der Waals surface area contributed by atoms with E-state index in [4.69, 9.17) is 4.74 Å². The number of amides is 3. The maximum Gasteiger partial charge on any atom is 0.246 e. The second-order valence-corrected chi connectivity index (χ2v) is 12.4. The lowest BCUT2D eigenvalue weighted by molar-refractivity contribution is -0.150. The number of aliphatic hydroxyl groups excluding tert-OH is 1. The standard InChI is InChI=1S/C25H43N3O5/c1-9-12-26-19(30)16-17-21(32)28(15(2)13-29)18(25(17)11-10-24(16,8)33-25)20(31)27-23(6,7)14-22(3,4)5/h15-18,29H,9-14H2,1-8H3,(H,26,30)(H,27,31)/t15-,16+,17+,18?,24-,25?/m1/s1. The van der Waals surface area contributed by atoms with E-state index in [1.807, 2.05) is 27.7 Å². The molecule has 0 aromatic rings. The third-order valence-corrected chi connectivity index (χ3v) is 7.47. The van der Waals surface area contributed by atoms with Crippen LogP contribution in [0.2, 0.25) is 0 Å². The van der Waals surface area contributed by atoms with Crippen LogP contribution in [-0.4, -0.2) is 69.7 Å². The van der Waals surface area contributed by atoms with Crippen LogP contribution in [0.5, 0.6) is 0 Å². The van der Waals surface area contributed by atoms with Crippen molar-refractivity contribution < 1.29 is 24.2 Å². The Balaban J connectivity index is 2.00. The van der Waals surface area contributed by atoms with Crippen molar-refractivity contribution in [3.63, 3.8) is 0 Å². The van der Waals surface area contributed by atoms with Gasteiger partial charge >= 0.3 is 0 Å². The van der Waals surface area contributed by atoms with E-state index < -0.39 is 40.7 Å². The predicted molar refractivity (Wildman–Crippen MR) is 125 cm³/mol. The third-order valence-electron chi connectivity index (χ3n) is 7.47. The zero-order valence-electron chi connectivity index (χ0n) is 21.6. The molecule has 3 aliphatic heterocycles. The van der Waals surface area contributed by atoms with Gasteiger partial charge in [-0.1, -0.05) is 27.7 Å². The number of fused-ring (bicyclic) bond motifs is 1.